The van der Waals surface area contributed by atoms with E-state index < -0.39 is 0 Å². The van der Waals surface area contributed by atoms with Crippen LogP contribution in [-0.2, 0) is 4.79 Å². The first-order chi connectivity index (χ1) is 11.0. The predicted molar refractivity (Wildman–Crippen MR) is 93.9 cm³/mol. The van der Waals surface area contributed by atoms with Gasteiger partial charge in [-0.2, -0.15) is 5.26 Å². The number of hydrogen-bond donors (Lipinski definition) is 1. The second-order valence-electron chi connectivity index (χ2n) is 5.73. The first-order valence-corrected chi connectivity index (χ1v) is 7.60. The van der Waals surface area contributed by atoms with E-state index in [-0.39, 0.29) is 17.4 Å². The number of rotatable bonds is 4. The highest BCUT2D eigenvalue weighted by atomic mass is 16.1. The minimum absolute atomic E-state index is 0.0918. The molecule has 2 rings (SSSR count). The summed E-state index contributed by atoms with van der Waals surface area (Å²) in [5.41, 5.74) is 3.76. The second kappa shape index (κ2) is 7.42. The molecule has 0 saturated carbocycles. The summed E-state index contributed by atoms with van der Waals surface area (Å²) in [5, 5.41) is 12.2. The van der Waals surface area contributed by atoms with E-state index >= 15 is 0 Å². The molecule has 0 aliphatic rings. The first kappa shape index (κ1) is 16.5. The lowest BCUT2D eigenvalue weighted by Crippen LogP contribution is -2.16. The average Bonchev–Trinajstić information content (AvgIpc) is 2.55. The summed E-state index contributed by atoms with van der Waals surface area (Å²) in [4.78, 5) is 12.5. The molecule has 0 bridgehead atoms. The molecule has 0 aliphatic heterocycles. The summed E-state index contributed by atoms with van der Waals surface area (Å²) >= 11 is 0. The molecule has 0 saturated heterocycles. The van der Waals surface area contributed by atoms with E-state index in [0.29, 0.717) is 0 Å². The van der Waals surface area contributed by atoms with Gasteiger partial charge in [0.05, 0.1) is 0 Å². The molecule has 1 amide bonds. The van der Waals surface area contributed by atoms with Crippen LogP contribution in [0.15, 0.2) is 54.1 Å². The van der Waals surface area contributed by atoms with Crippen LogP contribution >= 0.6 is 0 Å². The van der Waals surface area contributed by atoms with Gasteiger partial charge >= 0.3 is 0 Å². The Morgan fingerprint density at radius 2 is 1.83 bits per heavy atom. The van der Waals surface area contributed by atoms with Crippen molar-refractivity contribution < 1.29 is 4.79 Å². The number of benzene rings is 2. The van der Waals surface area contributed by atoms with Gasteiger partial charge in [-0.05, 0) is 35.6 Å². The van der Waals surface area contributed by atoms with Gasteiger partial charge in [0, 0.05) is 5.69 Å². The Morgan fingerprint density at radius 1 is 1.13 bits per heavy atom. The van der Waals surface area contributed by atoms with Crippen molar-refractivity contribution in [2.24, 2.45) is 0 Å². The van der Waals surface area contributed by atoms with E-state index in [1.54, 1.807) is 6.08 Å². The fraction of sp³-hybridized carbons (Fsp3) is 0.200. The molecule has 0 radical (unpaired) electrons. The molecule has 0 aliphatic carbocycles. The standard InChI is InChI=1S/C20H20N2O/c1-14(2)18-11-7-8-15(3)19(18)22-20(23)17(13-21)12-16-9-5-4-6-10-16/h4-12,14H,1-3H3,(H,22,23)/b17-12+. The summed E-state index contributed by atoms with van der Waals surface area (Å²) in [6.07, 6.45) is 1.60. The van der Waals surface area contributed by atoms with Crippen molar-refractivity contribution in [2.75, 3.05) is 5.32 Å². The molecule has 2 aromatic rings. The average molecular weight is 304 g/mol. The second-order valence-corrected chi connectivity index (χ2v) is 5.73. The van der Waals surface area contributed by atoms with Gasteiger partial charge in [0.1, 0.15) is 11.6 Å². The molecule has 3 nitrogen and oxygen atoms in total. The van der Waals surface area contributed by atoms with Gasteiger partial charge in [-0.25, -0.2) is 0 Å². The van der Waals surface area contributed by atoms with Gasteiger partial charge in [0.25, 0.3) is 5.91 Å². The van der Waals surface area contributed by atoms with E-state index in [2.05, 4.69) is 19.2 Å². The lowest BCUT2D eigenvalue weighted by molar-refractivity contribution is -0.112. The molecule has 1 N–H and O–H groups in total. The van der Waals surface area contributed by atoms with Crippen LogP contribution in [0.4, 0.5) is 5.69 Å². The fourth-order valence-corrected chi connectivity index (χ4v) is 2.39. The van der Waals surface area contributed by atoms with Gasteiger partial charge in [-0.15, -0.1) is 0 Å². The van der Waals surface area contributed by atoms with Crippen molar-refractivity contribution in [3.63, 3.8) is 0 Å². The van der Waals surface area contributed by atoms with E-state index in [1.807, 2.05) is 61.5 Å². The molecule has 0 spiro atoms. The molecule has 0 unspecified atom stereocenters. The summed E-state index contributed by atoms with van der Waals surface area (Å²) in [6.45, 7) is 6.11. The molecule has 0 aromatic heterocycles. The van der Waals surface area contributed by atoms with Crippen LogP contribution in [0.1, 0.15) is 36.5 Å². The summed E-state index contributed by atoms with van der Waals surface area (Å²) < 4.78 is 0. The molecule has 116 valence electrons. The van der Waals surface area contributed by atoms with Gasteiger partial charge < -0.3 is 5.32 Å². The minimum Gasteiger partial charge on any atom is -0.321 e. The smallest absolute Gasteiger partial charge is 0.266 e. The van der Waals surface area contributed by atoms with Crippen molar-refractivity contribution in [3.05, 3.63) is 70.8 Å². The van der Waals surface area contributed by atoms with Crippen molar-refractivity contribution in [3.8, 4) is 6.07 Å². The largest absolute Gasteiger partial charge is 0.321 e. The summed E-state index contributed by atoms with van der Waals surface area (Å²) in [5.74, 6) is -0.0959. The molecule has 0 heterocycles. The zero-order valence-corrected chi connectivity index (χ0v) is 13.6. The number of nitrogens with zero attached hydrogens (tertiary/aromatic N) is 1. The third kappa shape index (κ3) is 4.08. The highest BCUT2D eigenvalue weighted by molar-refractivity contribution is 6.10. The summed E-state index contributed by atoms with van der Waals surface area (Å²) in [7, 11) is 0. The number of carbonyl (C=O) groups excluding carboxylic acids is 1. The van der Waals surface area contributed by atoms with Gasteiger partial charge in [0.15, 0.2) is 0 Å². The van der Waals surface area contributed by atoms with Crippen LogP contribution in [0.3, 0.4) is 0 Å². The lowest BCUT2D eigenvalue weighted by atomic mass is 9.98. The predicted octanol–water partition coefficient (Wildman–Crippen LogP) is 4.66. The first-order valence-electron chi connectivity index (χ1n) is 7.60. The number of para-hydroxylation sites is 1. The topological polar surface area (TPSA) is 52.9 Å². The third-order valence-electron chi connectivity index (χ3n) is 3.64. The van der Waals surface area contributed by atoms with Crippen LogP contribution in [0.2, 0.25) is 0 Å². The Morgan fingerprint density at radius 3 is 2.43 bits per heavy atom. The van der Waals surface area contributed by atoms with E-state index in [1.165, 1.54) is 0 Å². The SMILES string of the molecule is Cc1cccc(C(C)C)c1NC(=O)/C(C#N)=C/c1ccccc1. The number of hydrogen-bond acceptors (Lipinski definition) is 2. The van der Waals surface area contributed by atoms with Crippen LogP contribution in [0.5, 0.6) is 0 Å². The van der Waals surface area contributed by atoms with Gasteiger partial charge in [0.2, 0.25) is 0 Å². The lowest BCUT2D eigenvalue weighted by Gasteiger charge is -2.16. The number of carbonyl (C=O) groups is 1. The van der Waals surface area contributed by atoms with Crippen LogP contribution in [0, 0.1) is 18.3 Å². The number of aryl methyl sites for hydroxylation is 1. The van der Waals surface area contributed by atoms with Gasteiger partial charge in [-0.1, -0.05) is 62.4 Å². The minimum atomic E-state index is -0.382. The Bertz CT molecular complexity index is 768. The van der Waals surface area contributed by atoms with Crippen molar-refractivity contribution in [1.82, 2.24) is 0 Å². The van der Waals surface area contributed by atoms with Crippen molar-refractivity contribution >= 4 is 17.7 Å². The maximum atomic E-state index is 12.5. The normalized spacial score (nSPS) is 11.2. The number of anilines is 1. The molecule has 3 heteroatoms. The fourth-order valence-electron chi connectivity index (χ4n) is 2.39. The van der Waals surface area contributed by atoms with Crippen LogP contribution in [0.25, 0.3) is 6.08 Å². The molecule has 23 heavy (non-hydrogen) atoms. The maximum absolute atomic E-state index is 12.5. The molecular weight excluding hydrogens is 284 g/mol. The Balaban J connectivity index is 2.32. The van der Waals surface area contributed by atoms with Crippen molar-refractivity contribution in [1.29, 1.82) is 5.26 Å². The van der Waals surface area contributed by atoms with Crippen LogP contribution in [-0.4, -0.2) is 5.91 Å². The monoisotopic (exact) mass is 304 g/mol. The Hall–Kier alpha value is -2.86. The zero-order chi connectivity index (χ0) is 16.8. The third-order valence-corrected chi connectivity index (χ3v) is 3.64. The summed E-state index contributed by atoms with van der Waals surface area (Å²) in [6, 6.07) is 17.3. The highest BCUT2D eigenvalue weighted by Gasteiger charge is 2.15. The quantitative estimate of drug-likeness (QED) is 0.659. The number of nitrogens with one attached hydrogen (secondary N) is 1. The zero-order valence-electron chi connectivity index (χ0n) is 13.6. The molecule has 0 atom stereocenters. The highest BCUT2D eigenvalue weighted by Crippen LogP contribution is 2.27. The van der Waals surface area contributed by atoms with Gasteiger partial charge in [-0.3, -0.25) is 4.79 Å². The van der Waals surface area contributed by atoms with E-state index in [0.717, 1.165) is 22.4 Å². The number of nitriles is 1. The molecule has 2 aromatic carbocycles. The van der Waals surface area contributed by atoms with E-state index in [9.17, 15) is 10.1 Å². The van der Waals surface area contributed by atoms with Crippen LogP contribution < -0.4 is 5.32 Å². The van der Waals surface area contributed by atoms with Crippen molar-refractivity contribution in [2.45, 2.75) is 26.7 Å². The Kier molecular flexibility index (Phi) is 5.32. The number of amides is 1. The molecular formula is C20H20N2O. The maximum Gasteiger partial charge on any atom is 0.266 e. The van der Waals surface area contributed by atoms with E-state index in [4.69, 9.17) is 0 Å². The molecule has 0 fully saturated rings. The Labute approximate surface area is 137 Å².